The minimum Gasteiger partial charge on any atom is -0.497 e. The minimum atomic E-state index is -0.202. The maximum atomic E-state index is 12.9. The quantitative estimate of drug-likeness (QED) is 0.195. The van der Waals surface area contributed by atoms with E-state index in [1.54, 1.807) is 18.2 Å². The molecule has 0 saturated carbocycles. The van der Waals surface area contributed by atoms with Crippen LogP contribution in [0.25, 0.3) is 5.57 Å². The van der Waals surface area contributed by atoms with Crippen LogP contribution in [0.15, 0.2) is 73.3 Å². The number of benzene rings is 2. The van der Waals surface area contributed by atoms with E-state index in [0.29, 0.717) is 18.9 Å². The topological polar surface area (TPSA) is 42.0 Å². The highest BCUT2D eigenvalue weighted by molar-refractivity contribution is 5.77. The number of amides is 1. The zero-order valence-electron chi connectivity index (χ0n) is 27.7. The molecule has 2 aromatic carbocycles. The van der Waals surface area contributed by atoms with Crippen molar-refractivity contribution < 1.29 is 14.3 Å². The lowest BCUT2D eigenvalue weighted by Gasteiger charge is -2.34. The van der Waals surface area contributed by atoms with Crippen molar-refractivity contribution >= 4 is 11.5 Å². The van der Waals surface area contributed by atoms with E-state index in [1.807, 2.05) is 24.3 Å². The van der Waals surface area contributed by atoms with E-state index in [-0.39, 0.29) is 11.5 Å². The number of allylic oxidation sites excluding steroid dienone is 1. The van der Waals surface area contributed by atoms with Gasteiger partial charge in [0.15, 0.2) is 5.88 Å². The van der Waals surface area contributed by atoms with Gasteiger partial charge in [0.05, 0.1) is 13.7 Å². The van der Waals surface area contributed by atoms with Gasteiger partial charge in [0, 0.05) is 19.5 Å². The van der Waals surface area contributed by atoms with Crippen LogP contribution in [0.1, 0.15) is 95.4 Å². The highest BCUT2D eigenvalue weighted by Gasteiger charge is 2.22. The average molecular weight is 587 g/mol. The third-order valence-corrected chi connectivity index (χ3v) is 8.15. The second-order valence-electron chi connectivity index (χ2n) is 12.8. The van der Waals surface area contributed by atoms with Gasteiger partial charge in [-0.25, -0.2) is 0 Å². The summed E-state index contributed by atoms with van der Waals surface area (Å²) < 4.78 is 11.5. The van der Waals surface area contributed by atoms with Gasteiger partial charge in [-0.05, 0) is 118 Å². The summed E-state index contributed by atoms with van der Waals surface area (Å²) in [7, 11) is 1.66. The number of aryl methyl sites for hydroxylation is 1. The molecule has 1 unspecified atom stereocenters. The molecule has 1 amide bonds. The second-order valence-corrected chi connectivity index (χ2v) is 12.8. The van der Waals surface area contributed by atoms with E-state index in [1.165, 1.54) is 22.3 Å². The first-order valence-corrected chi connectivity index (χ1v) is 16.0. The lowest BCUT2D eigenvalue weighted by molar-refractivity contribution is -0.129. The molecule has 1 atom stereocenters. The maximum Gasteiger partial charge on any atom is 0.226 e. The molecular formula is C38H54N2O3. The molecule has 1 aliphatic heterocycles. The third kappa shape index (κ3) is 10.6. The Kier molecular flexibility index (Phi) is 13.0. The summed E-state index contributed by atoms with van der Waals surface area (Å²) in [5.41, 5.74) is 6.52. The van der Waals surface area contributed by atoms with Crippen LogP contribution >= 0.6 is 0 Å². The Balaban J connectivity index is 1.49. The minimum absolute atomic E-state index is 0.128. The van der Waals surface area contributed by atoms with E-state index >= 15 is 0 Å². The van der Waals surface area contributed by atoms with Crippen LogP contribution in [0.5, 0.6) is 5.75 Å². The fourth-order valence-electron chi connectivity index (χ4n) is 5.62. The Hall–Kier alpha value is -3.47. The van der Waals surface area contributed by atoms with Crippen molar-refractivity contribution in [3.05, 3.63) is 95.5 Å². The normalized spacial score (nSPS) is 14.6. The maximum absolute atomic E-state index is 12.9. The fourth-order valence-corrected chi connectivity index (χ4v) is 5.62. The number of methoxy groups -OCH3 is 1. The van der Waals surface area contributed by atoms with E-state index in [4.69, 9.17) is 9.47 Å². The summed E-state index contributed by atoms with van der Waals surface area (Å²) in [6, 6.07) is 14.6. The van der Waals surface area contributed by atoms with Crippen molar-refractivity contribution in [2.75, 3.05) is 20.2 Å². The molecular weight excluding hydrogens is 532 g/mol. The number of nitrogens with zero attached hydrogens (tertiary/aromatic N) is 2. The van der Waals surface area contributed by atoms with Gasteiger partial charge in [-0.15, -0.1) is 0 Å². The average Bonchev–Trinajstić information content (AvgIpc) is 2.99. The standard InChI is InChI=1S/C38H54N2O3/c1-9-13-37(43-38(5,6)7)40-26-24-33(25-27-40)35-17-12-16-32(30(35)4)15-11-14-29(3)18-23-36(41)39(10-2)28-31-19-21-34(42-8)22-20-31/h10,12-13,16-17,19-22,24,29H,2,9,11,14-15,18,23,25-28H2,1,3-8H3/b37-13+. The van der Waals surface area contributed by atoms with Gasteiger partial charge in [-0.1, -0.05) is 63.3 Å². The second kappa shape index (κ2) is 16.4. The molecule has 2 aromatic rings. The number of carbonyl (C=O) groups is 1. The Bertz CT molecular complexity index is 1250. The van der Waals surface area contributed by atoms with Crippen molar-refractivity contribution in [1.29, 1.82) is 0 Å². The summed E-state index contributed by atoms with van der Waals surface area (Å²) in [5.74, 6) is 2.44. The molecule has 0 aromatic heterocycles. The van der Waals surface area contributed by atoms with Gasteiger partial charge < -0.3 is 19.3 Å². The Morgan fingerprint density at radius 1 is 1.14 bits per heavy atom. The summed E-state index contributed by atoms with van der Waals surface area (Å²) in [6.45, 7) is 19.3. The number of carbonyl (C=O) groups excluding carboxylic acids is 1. The Morgan fingerprint density at radius 3 is 2.49 bits per heavy atom. The first-order valence-electron chi connectivity index (χ1n) is 16.0. The van der Waals surface area contributed by atoms with Gasteiger partial charge in [-0.2, -0.15) is 0 Å². The first kappa shape index (κ1) is 34.0. The van der Waals surface area contributed by atoms with Crippen molar-refractivity contribution in [2.24, 2.45) is 5.92 Å². The number of hydrogen-bond acceptors (Lipinski definition) is 4. The lowest BCUT2D eigenvalue weighted by Crippen LogP contribution is -2.33. The molecule has 0 radical (unpaired) electrons. The first-order chi connectivity index (χ1) is 20.5. The monoisotopic (exact) mass is 586 g/mol. The van der Waals surface area contributed by atoms with Gasteiger partial charge >= 0.3 is 0 Å². The molecule has 0 saturated heterocycles. The van der Waals surface area contributed by atoms with Crippen LogP contribution in [0.4, 0.5) is 0 Å². The molecule has 5 nitrogen and oxygen atoms in total. The summed E-state index contributed by atoms with van der Waals surface area (Å²) in [6.07, 6.45) is 12.9. The Morgan fingerprint density at radius 2 is 1.88 bits per heavy atom. The van der Waals surface area contributed by atoms with E-state index < -0.39 is 0 Å². The van der Waals surface area contributed by atoms with Gasteiger partial charge in [0.25, 0.3) is 0 Å². The smallest absolute Gasteiger partial charge is 0.226 e. The molecule has 0 fully saturated rings. The fraction of sp³-hybridized carbons (Fsp3) is 0.500. The lowest BCUT2D eigenvalue weighted by atomic mass is 9.90. The summed E-state index contributed by atoms with van der Waals surface area (Å²) >= 11 is 0. The molecule has 1 heterocycles. The Labute approximate surface area is 261 Å². The molecule has 0 aliphatic carbocycles. The van der Waals surface area contributed by atoms with Crippen molar-refractivity contribution in [3.63, 3.8) is 0 Å². The zero-order valence-corrected chi connectivity index (χ0v) is 27.7. The van der Waals surface area contributed by atoms with Crippen LogP contribution in [0, 0.1) is 12.8 Å². The van der Waals surface area contributed by atoms with Crippen molar-refractivity contribution in [1.82, 2.24) is 9.80 Å². The molecule has 0 bridgehead atoms. The predicted molar refractivity (Wildman–Crippen MR) is 180 cm³/mol. The number of ether oxygens (including phenoxy) is 2. The highest BCUT2D eigenvalue weighted by Crippen LogP contribution is 2.30. The van der Waals surface area contributed by atoms with E-state index in [2.05, 4.69) is 83.4 Å². The molecule has 3 rings (SSSR count). The highest BCUT2D eigenvalue weighted by atomic mass is 16.5. The van der Waals surface area contributed by atoms with Crippen molar-refractivity contribution in [2.45, 2.75) is 98.6 Å². The van der Waals surface area contributed by atoms with E-state index in [0.717, 1.165) is 68.8 Å². The van der Waals surface area contributed by atoms with E-state index in [9.17, 15) is 4.79 Å². The van der Waals surface area contributed by atoms with Crippen molar-refractivity contribution in [3.8, 4) is 5.75 Å². The van der Waals surface area contributed by atoms with Gasteiger partial charge in [-0.3, -0.25) is 4.79 Å². The SMILES string of the molecule is C=CN(Cc1ccc(OC)cc1)C(=O)CCC(C)CCCc1cccc(C2=CCN(/C(=C\CC)OC(C)(C)C)CC2)c1C. The molecule has 43 heavy (non-hydrogen) atoms. The molecule has 0 spiro atoms. The molecule has 0 N–H and O–H groups in total. The van der Waals surface area contributed by atoms with Crippen LogP contribution in [0.2, 0.25) is 0 Å². The molecule has 1 aliphatic rings. The molecule has 234 valence electrons. The largest absolute Gasteiger partial charge is 0.497 e. The number of hydrogen-bond donors (Lipinski definition) is 0. The van der Waals surface area contributed by atoms with Gasteiger partial charge in [0.1, 0.15) is 11.4 Å². The zero-order chi connectivity index (χ0) is 31.4. The molecule has 5 heteroatoms. The van der Waals surface area contributed by atoms with Crippen LogP contribution < -0.4 is 4.74 Å². The van der Waals surface area contributed by atoms with Crippen LogP contribution in [-0.4, -0.2) is 41.5 Å². The predicted octanol–water partition coefficient (Wildman–Crippen LogP) is 9.07. The van der Waals surface area contributed by atoms with Crippen LogP contribution in [0.3, 0.4) is 0 Å². The van der Waals surface area contributed by atoms with Gasteiger partial charge in [0.2, 0.25) is 5.91 Å². The third-order valence-electron chi connectivity index (χ3n) is 8.15. The summed E-state index contributed by atoms with van der Waals surface area (Å²) in [5, 5.41) is 0. The van der Waals surface area contributed by atoms with Crippen LogP contribution in [-0.2, 0) is 22.5 Å². The summed E-state index contributed by atoms with van der Waals surface area (Å²) in [4.78, 5) is 17.0. The number of rotatable bonds is 15.